The second-order valence-electron chi connectivity index (χ2n) is 5.39. The maximum absolute atomic E-state index is 11.9. The van der Waals surface area contributed by atoms with Crippen molar-refractivity contribution in [2.45, 2.75) is 26.3 Å². The topological polar surface area (TPSA) is 80.0 Å². The molecule has 2 amide bonds. The molecular weight excluding hydrogens is 324 g/mol. The van der Waals surface area contributed by atoms with Gasteiger partial charge in [0, 0.05) is 17.3 Å². The highest BCUT2D eigenvalue weighted by Crippen LogP contribution is 2.26. The number of carbonyl (C=O) groups excluding carboxylic acids is 1. The summed E-state index contributed by atoms with van der Waals surface area (Å²) in [6.45, 7) is 3.98. The Kier molecular flexibility index (Phi) is 4.90. The average Bonchev–Trinajstić information content (AvgIpc) is 3.26. The molecule has 0 saturated heterocycles. The molecule has 3 rings (SSSR count). The smallest absolute Gasteiger partial charge is 0.319 e. The Balaban J connectivity index is 1.75. The summed E-state index contributed by atoms with van der Waals surface area (Å²) in [7, 11) is 0. The number of amides is 2. The van der Waals surface area contributed by atoms with E-state index in [0.29, 0.717) is 17.4 Å². The summed E-state index contributed by atoms with van der Waals surface area (Å²) in [6.07, 6.45) is 0.877. The summed E-state index contributed by atoms with van der Waals surface area (Å²) in [5.74, 6) is 0.984. The number of nitrogens with zero attached hydrogens (tertiary/aromatic N) is 2. The zero-order valence-electron chi connectivity index (χ0n) is 13.4. The van der Waals surface area contributed by atoms with Crippen molar-refractivity contribution in [3.8, 4) is 22.2 Å². The van der Waals surface area contributed by atoms with Crippen molar-refractivity contribution in [2.24, 2.45) is 0 Å². The van der Waals surface area contributed by atoms with Crippen LogP contribution in [0.2, 0.25) is 0 Å². The Morgan fingerprint density at radius 3 is 2.96 bits per heavy atom. The van der Waals surface area contributed by atoms with Gasteiger partial charge in [-0.25, -0.2) is 4.79 Å². The fraction of sp³-hybridized carbons (Fsp3) is 0.235. The van der Waals surface area contributed by atoms with Crippen molar-refractivity contribution < 1.29 is 9.32 Å². The number of aromatic nitrogens is 2. The zero-order chi connectivity index (χ0) is 16.9. The molecular formula is C17H18N4O2S. The van der Waals surface area contributed by atoms with Gasteiger partial charge >= 0.3 is 6.03 Å². The van der Waals surface area contributed by atoms with Crippen LogP contribution >= 0.6 is 11.3 Å². The predicted molar refractivity (Wildman–Crippen MR) is 95.0 cm³/mol. The molecule has 6 nitrogen and oxygen atoms in total. The Labute approximate surface area is 143 Å². The Morgan fingerprint density at radius 1 is 1.33 bits per heavy atom. The zero-order valence-corrected chi connectivity index (χ0v) is 14.3. The van der Waals surface area contributed by atoms with Gasteiger partial charge in [0.15, 0.2) is 0 Å². The van der Waals surface area contributed by atoms with Crippen LogP contribution in [0.5, 0.6) is 0 Å². The Morgan fingerprint density at radius 2 is 2.21 bits per heavy atom. The van der Waals surface area contributed by atoms with Gasteiger partial charge in [0.2, 0.25) is 5.82 Å². The summed E-state index contributed by atoms with van der Waals surface area (Å²) in [5, 5.41) is 11.7. The van der Waals surface area contributed by atoms with E-state index in [-0.39, 0.29) is 12.1 Å². The first-order chi connectivity index (χ1) is 11.7. The van der Waals surface area contributed by atoms with Gasteiger partial charge in [-0.3, -0.25) is 0 Å². The minimum atomic E-state index is -0.228. The third-order valence-corrected chi connectivity index (χ3v) is 4.38. The molecule has 0 fully saturated rings. The van der Waals surface area contributed by atoms with Gasteiger partial charge in [0.25, 0.3) is 5.89 Å². The van der Waals surface area contributed by atoms with Gasteiger partial charge in [-0.1, -0.05) is 30.3 Å². The quantitative estimate of drug-likeness (QED) is 0.721. The molecule has 2 aromatic heterocycles. The largest absolute Gasteiger partial charge is 0.335 e. The fourth-order valence-electron chi connectivity index (χ4n) is 2.07. The molecule has 7 heteroatoms. The Bertz CT molecular complexity index is 814. The first-order valence-corrected chi connectivity index (χ1v) is 8.59. The van der Waals surface area contributed by atoms with Crippen molar-refractivity contribution >= 4 is 23.1 Å². The van der Waals surface area contributed by atoms with E-state index >= 15 is 0 Å². The van der Waals surface area contributed by atoms with E-state index in [2.05, 4.69) is 20.8 Å². The van der Waals surface area contributed by atoms with Crippen LogP contribution in [0.25, 0.3) is 22.2 Å². The number of thiophene rings is 1. The lowest BCUT2D eigenvalue weighted by Gasteiger charge is -2.12. The van der Waals surface area contributed by atoms with Crippen LogP contribution in [0.1, 0.15) is 20.3 Å². The van der Waals surface area contributed by atoms with Crippen LogP contribution in [0.3, 0.4) is 0 Å². The van der Waals surface area contributed by atoms with Crippen molar-refractivity contribution in [2.75, 3.05) is 5.32 Å². The van der Waals surface area contributed by atoms with Crippen LogP contribution in [0.4, 0.5) is 10.5 Å². The summed E-state index contributed by atoms with van der Waals surface area (Å²) in [6, 6.07) is 11.1. The summed E-state index contributed by atoms with van der Waals surface area (Å²) in [4.78, 5) is 17.3. The van der Waals surface area contributed by atoms with Gasteiger partial charge in [0.1, 0.15) is 0 Å². The molecule has 0 saturated carbocycles. The molecule has 0 spiro atoms. The van der Waals surface area contributed by atoms with Gasteiger partial charge in [-0.2, -0.15) is 4.98 Å². The van der Waals surface area contributed by atoms with Gasteiger partial charge in [0.05, 0.1) is 4.88 Å². The number of hydrogen-bond donors (Lipinski definition) is 2. The number of rotatable bonds is 5. The van der Waals surface area contributed by atoms with Gasteiger partial charge in [-0.05, 0) is 36.9 Å². The standard InChI is InChI=1S/C17H18N4O2S/c1-3-11(2)18-17(22)19-13-7-4-6-12(10-13)15-20-16(23-21-15)14-8-5-9-24-14/h4-11H,3H2,1-2H3,(H2,18,19,22). The first-order valence-electron chi connectivity index (χ1n) is 7.71. The predicted octanol–water partition coefficient (Wildman–Crippen LogP) is 4.39. The monoisotopic (exact) mass is 342 g/mol. The normalized spacial score (nSPS) is 11.9. The summed E-state index contributed by atoms with van der Waals surface area (Å²) >= 11 is 1.54. The molecule has 1 aromatic carbocycles. The summed E-state index contributed by atoms with van der Waals surface area (Å²) in [5.41, 5.74) is 1.46. The fourth-order valence-corrected chi connectivity index (χ4v) is 2.71. The van der Waals surface area contributed by atoms with Crippen LogP contribution < -0.4 is 10.6 Å². The third-order valence-electron chi connectivity index (χ3n) is 3.53. The molecule has 24 heavy (non-hydrogen) atoms. The van der Waals surface area contributed by atoms with E-state index in [1.807, 2.05) is 55.6 Å². The highest BCUT2D eigenvalue weighted by molar-refractivity contribution is 7.13. The highest BCUT2D eigenvalue weighted by atomic mass is 32.1. The molecule has 0 aliphatic heterocycles. The van der Waals surface area contributed by atoms with Gasteiger partial charge < -0.3 is 15.2 Å². The molecule has 3 aromatic rings. The molecule has 2 N–H and O–H groups in total. The van der Waals surface area contributed by atoms with Crippen LogP contribution in [0, 0.1) is 0 Å². The van der Waals surface area contributed by atoms with Crippen molar-refractivity contribution in [3.05, 3.63) is 41.8 Å². The first kappa shape index (κ1) is 16.2. The number of benzene rings is 1. The second-order valence-corrected chi connectivity index (χ2v) is 6.34. The molecule has 0 aliphatic carbocycles. The molecule has 124 valence electrons. The molecule has 2 heterocycles. The van der Waals surface area contributed by atoms with E-state index in [1.54, 1.807) is 11.3 Å². The maximum Gasteiger partial charge on any atom is 0.319 e. The Hall–Kier alpha value is -2.67. The van der Waals surface area contributed by atoms with E-state index in [0.717, 1.165) is 16.9 Å². The third kappa shape index (κ3) is 3.80. The van der Waals surface area contributed by atoms with E-state index < -0.39 is 0 Å². The maximum atomic E-state index is 11.9. The lowest BCUT2D eigenvalue weighted by Crippen LogP contribution is -2.35. The molecule has 0 aliphatic rings. The molecule has 0 bridgehead atoms. The lowest BCUT2D eigenvalue weighted by molar-refractivity contribution is 0.249. The highest BCUT2D eigenvalue weighted by Gasteiger charge is 2.12. The molecule has 1 atom stereocenters. The van der Waals surface area contributed by atoms with Crippen LogP contribution in [0.15, 0.2) is 46.3 Å². The van der Waals surface area contributed by atoms with Gasteiger partial charge in [-0.15, -0.1) is 11.3 Å². The second kappa shape index (κ2) is 7.27. The minimum Gasteiger partial charge on any atom is -0.335 e. The van der Waals surface area contributed by atoms with Crippen LogP contribution in [-0.2, 0) is 0 Å². The number of anilines is 1. The van der Waals surface area contributed by atoms with E-state index in [9.17, 15) is 4.79 Å². The average molecular weight is 342 g/mol. The number of carbonyl (C=O) groups is 1. The van der Waals surface area contributed by atoms with E-state index in [1.165, 1.54) is 0 Å². The molecule has 0 radical (unpaired) electrons. The van der Waals surface area contributed by atoms with Crippen molar-refractivity contribution in [3.63, 3.8) is 0 Å². The SMILES string of the molecule is CCC(C)NC(=O)Nc1cccc(-c2noc(-c3cccs3)n2)c1. The summed E-state index contributed by atoms with van der Waals surface area (Å²) < 4.78 is 5.30. The number of nitrogens with one attached hydrogen (secondary N) is 2. The lowest BCUT2D eigenvalue weighted by atomic mass is 10.2. The molecule has 1 unspecified atom stereocenters. The van der Waals surface area contributed by atoms with Crippen LogP contribution in [-0.4, -0.2) is 22.2 Å². The van der Waals surface area contributed by atoms with E-state index in [4.69, 9.17) is 4.52 Å². The van der Waals surface area contributed by atoms with Crippen molar-refractivity contribution in [1.29, 1.82) is 0 Å². The van der Waals surface area contributed by atoms with Crippen molar-refractivity contribution in [1.82, 2.24) is 15.5 Å². The number of urea groups is 1. The number of hydrogen-bond acceptors (Lipinski definition) is 5. The minimum absolute atomic E-state index is 0.124.